The quantitative estimate of drug-likeness (QED) is 0.0358. The number of unbranched alkanes of at least 4 members (excludes halogenated alkanes) is 6. The van der Waals surface area contributed by atoms with Crippen LogP contribution < -0.4 is 115 Å². The monoisotopic (exact) mass is 1710 g/mol. The van der Waals surface area contributed by atoms with Crippen molar-refractivity contribution in [3.8, 4) is 0 Å². The Hall–Kier alpha value is -8.23. The second kappa shape index (κ2) is 62.8. The SMILES string of the molecule is CC(C)C[C@H](NC(=O)[C@H](CC(C)C)NC(=O)[C@H](CCCCN)NC(=O)[C@H](CC(C)C)NC(=O)[C@H](CC(C)C)NC(=O)[C@H](CCCCN)NC(=O)[C@H](CCCCN)NC(=O)[C@H](CC(C)C)NC(=O)[C@H](CC(C)C)NC(=O)[C@H](CCCCN)NC(=O)[C@H](CC(C)C)NC(=O)[C@H](CCC(N)=O)NC(=O)[C@@H](N)CCCCN)C(=O)N[C@@H](CCCCN)C(=O)O. The molecule has 0 heterocycles. The second-order valence-electron chi connectivity index (χ2n) is 34.9. The van der Waals surface area contributed by atoms with Crippen LogP contribution in [0.25, 0.3) is 0 Å². The lowest BCUT2D eigenvalue weighted by atomic mass is 9.98. The number of primary amides is 1. The minimum Gasteiger partial charge on any atom is -0.480 e. The molecule has 14 atom stereocenters. The van der Waals surface area contributed by atoms with E-state index in [1.807, 2.05) is 83.1 Å². The Kier molecular flexibility index (Phi) is 58.5. The van der Waals surface area contributed by atoms with E-state index in [1.165, 1.54) is 0 Å². The molecule has 14 amide bonds. The highest BCUT2D eigenvalue weighted by atomic mass is 16.4. The average molecular weight is 1710 g/mol. The topological polar surface area (TPSA) is 641 Å². The molecular formula is C83H159N21O16. The van der Waals surface area contributed by atoms with E-state index in [4.69, 9.17) is 45.9 Å². The number of hydrogen-bond donors (Lipinski definition) is 22. The Labute approximate surface area is 713 Å². The maximum Gasteiger partial charge on any atom is 0.326 e. The Morgan fingerprint density at radius 1 is 0.217 bits per heavy atom. The number of nitrogens with one attached hydrogen (secondary N) is 13. The molecule has 0 fully saturated rings. The maximum atomic E-state index is 14.9. The van der Waals surface area contributed by atoms with Crippen molar-refractivity contribution in [2.45, 2.75) is 355 Å². The molecule has 120 heavy (non-hydrogen) atoms. The van der Waals surface area contributed by atoms with Gasteiger partial charge in [-0.25, -0.2) is 4.79 Å². The lowest BCUT2D eigenvalue weighted by Gasteiger charge is -2.30. The first-order chi connectivity index (χ1) is 56.5. The van der Waals surface area contributed by atoms with Gasteiger partial charge in [-0.1, -0.05) is 103 Å². The zero-order chi connectivity index (χ0) is 91.3. The van der Waals surface area contributed by atoms with Gasteiger partial charge < -0.3 is 120 Å². The predicted octanol–water partition coefficient (Wildman–Crippen LogP) is 0.0629. The minimum atomic E-state index is -1.33. The highest BCUT2D eigenvalue weighted by molar-refractivity contribution is 6.00. The van der Waals surface area contributed by atoms with E-state index < -0.39 is 173 Å². The summed E-state index contributed by atoms with van der Waals surface area (Å²) in [5.74, 6) is -13.2. The molecule has 0 aromatic rings. The largest absolute Gasteiger partial charge is 0.480 e. The van der Waals surface area contributed by atoms with Gasteiger partial charge in [-0.3, -0.25) is 67.1 Å². The minimum absolute atomic E-state index is 0.0189. The van der Waals surface area contributed by atoms with Crippen LogP contribution >= 0.6 is 0 Å². The van der Waals surface area contributed by atoms with Gasteiger partial charge in [-0.05, 0) is 241 Å². The van der Waals surface area contributed by atoms with Crippen LogP contribution in [0.1, 0.15) is 270 Å². The summed E-state index contributed by atoms with van der Waals surface area (Å²) in [5.41, 5.74) is 46.4. The summed E-state index contributed by atoms with van der Waals surface area (Å²) in [7, 11) is 0. The van der Waals surface area contributed by atoms with Crippen molar-refractivity contribution in [3.63, 3.8) is 0 Å². The third-order valence-electron chi connectivity index (χ3n) is 19.9. The molecule has 37 heteroatoms. The average Bonchev–Trinajstić information content (AvgIpc) is 0.854. The van der Waals surface area contributed by atoms with Gasteiger partial charge in [0.25, 0.3) is 0 Å². The molecule has 0 bridgehead atoms. The van der Waals surface area contributed by atoms with Crippen molar-refractivity contribution in [2.24, 2.45) is 87.3 Å². The number of rotatable bonds is 68. The van der Waals surface area contributed by atoms with Gasteiger partial charge in [0, 0.05) is 6.42 Å². The van der Waals surface area contributed by atoms with Crippen molar-refractivity contribution in [1.82, 2.24) is 69.1 Å². The van der Waals surface area contributed by atoms with Crippen LogP contribution in [0.4, 0.5) is 0 Å². The van der Waals surface area contributed by atoms with Gasteiger partial charge in [0.2, 0.25) is 82.7 Å². The van der Waals surface area contributed by atoms with Crippen LogP contribution in [0.2, 0.25) is 0 Å². The van der Waals surface area contributed by atoms with E-state index in [0.29, 0.717) is 90.1 Å². The summed E-state index contributed by atoms with van der Waals surface area (Å²) in [6.45, 7) is 27.1. The van der Waals surface area contributed by atoms with E-state index in [0.717, 1.165) is 0 Å². The van der Waals surface area contributed by atoms with Crippen LogP contribution in [0.5, 0.6) is 0 Å². The molecular weight excluding hydrogens is 1550 g/mol. The molecule has 0 saturated carbocycles. The van der Waals surface area contributed by atoms with Crippen LogP contribution in [0, 0.1) is 41.4 Å². The van der Waals surface area contributed by atoms with Crippen LogP contribution in [0.15, 0.2) is 0 Å². The fourth-order valence-electron chi connectivity index (χ4n) is 13.5. The standard InChI is InChI=1S/C83H159N21O16/c1-48(2)41-62(101-75(111)60(33-34-69(91)105)92-70(106)55(90)27-15-21-35-84)76(112)95-58(30-18-24-38-87)73(109)99-67(46-53(11)12)81(117)102-63(42-49(3)4)77(113)94-56(28-16-22-36-85)71(107)93-57(29-17-23-37-86)72(108)98-66(45-52(9)10)80(116)103-64(43-50(5)6)78(114)96-59(31-19-25-39-88)74(110)100-68(47-54(13)14)82(118)104-65(44-51(7)8)79(115)97-61(83(119)120)32-20-26-40-89/h48-68H,15-47,84-90H2,1-14H3,(H2,91,105)(H,92,106)(H,93,107)(H,94,113)(H,95,112)(H,96,114)(H,97,115)(H,98,108)(H,99,109)(H,100,110)(H,101,111)(H,102,117)(H,103,116)(H,104,118)(H,119,120)/t55-,56-,57-,58-,59-,60-,61-,62-,63-,64-,65-,66-,67-,68-/m0/s1. The van der Waals surface area contributed by atoms with Gasteiger partial charge in [-0.2, -0.15) is 0 Å². The molecule has 0 aliphatic carbocycles. The van der Waals surface area contributed by atoms with Crippen molar-refractivity contribution in [2.75, 3.05) is 39.3 Å². The Morgan fingerprint density at radius 3 is 0.542 bits per heavy atom. The maximum absolute atomic E-state index is 14.9. The molecule has 0 saturated heterocycles. The first-order valence-electron chi connectivity index (χ1n) is 43.9. The highest BCUT2D eigenvalue weighted by Gasteiger charge is 2.39. The molecule has 0 unspecified atom stereocenters. The number of carbonyl (C=O) groups excluding carboxylic acids is 14. The molecule has 0 aromatic heterocycles. The lowest BCUT2D eigenvalue weighted by molar-refractivity contribution is -0.142. The highest BCUT2D eigenvalue weighted by Crippen LogP contribution is 2.19. The third kappa shape index (κ3) is 49.0. The predicted molar refractivity (Wildman–Crippen MR) is 463 cm³/mol. The zero-order valence-corrected chi connectivity index (χ0v) is 74.6. The fraction of sp³-hybridized carbons (Fsp3) is 0.819. The fourth-order valence-corrected chi connectivity index (χ4v) is 13.5. The van der Waals surface area contributed by atoms with E-state index in [1.54, 1.807) is 13.8 Å². The Morgan fingerprint density at radius 2 is 0.367 bits per heavy atom. The van der Waals surface area contributed by atoms with Gasteiger partial charge in [0.15, 0.2) is 0 Å². The summed E-state index contributed by atoms with van der Waals surface area (Å²) in [5, 5.41) is 45.8. The summed E-state index contributed by atoms with van der Waals surface area (Å²) in [4.78, 5) is 212. The normalized spacial score (nSPS) is 15.1. The van der Waals surface area contributed by atoms with Gasteiger partial charge in [0.1, 0.15) is 78.5 Å². The van der Waals surface area contributed by atoms with Crippen LogP contribution in [0.3, 0.4) is 0 Å². The van der Waals surface area contributed by atoms with E-state index in [9.17, 15) is 77.0 Å². The number of carboxylic acids is 1. The smallest absolute Gasteiger partial charge is 0.326 e. The van der Waals surface area contributed by atoms with Crippen LogP contribution in [-0.4, -0.2) is 218 Å². The summed E-state index contributed by atoms with van der Waals surface area (Å²) in [6.07, 6.45) is 5.75. The third-order valence-corrected chi connectivity index (χ3v) is 19.9. The Balaban J connectivity index is 7.36. The van der Waals surface area contributed by atoms with Crippen molar-refractivity contribution in [3.05, 3.63) is 0 Å². The van der Waals surface area contributed by atoms with Gasteiger partial charge in [0.05, 0.1) is 6.04 Å². The molecule has 0 spiro atoms. The first-order valence-corrected chi connectivity index (χ1v) is 43.9. The first kappa shape index (κ1) is 112. The van der Waals surface area contributed by atoms with Gasteiger partial charge in [-0.15, -0.1) is 0 Å². The van der Waals surface area contributed by atoms with Gasteiger partial charge >= 0.3 is 5.97 Å². The molecule has 0 aromatic carbocycles. The second-order valence-corrected chi connectivity index (χ2v) is 34.9. The zero-order valence-electron chi connectivity index (χ0n) is 74.6. The van der Waals surface area contributed by atoms with E-state index in [-0.39, 0.29) is 164 Å². The van der Waals surface area contributed by atoms with E-state index >= 15 is 0 Å². The molecule has 37 nitrogen and oxygen atoms in total. The lowest BCUT2D eigenvalue weighted by Crippen LogP contribution is -2.61. The molecule has 0 aliphatic heterocycles. The number of nitrogens with two attached hydrogens (primary N) is 8. The summed E-state index contributed by atoms with van der Waals surface area (Å²) in [6, 6.07) is -17.7. The van der Waals surface area contributed by atoms with Crippen molar-refractivity contribution in [1.29, 1.82) is 0 Å². The number of carbonyl (C=O) groups is 15. The molecule has 0 radical (unpaired) electrons. The number of amides is 14. The van der Waals surface area contributed by atoms with Crippen molar-refractivity contribution < 1.29 is 77.0 Å². The molecule has 0 rings (SSSR count). The number of aliphatic carboxylic acids is 1. The summed E-state index contributed by atoms with van der Waals surface area (Å²) < 4.78 is 0. The number of hydrogen-bond acceptors (Lipinski definition) is 22. The summed E-state index contributed by atoms with van der Waals surface area (Å²) >= 11 is 0. The van der Waals surface area contributed by atoms with E-state index in [2.05, 4.69) is 69.1 Å². The molecule has 30 N–H and O–H groups in total. The van der Waals surface area contributed by atoms with Crippen molar-refractivity contribution >= 4 is 88.7 Å². The molecule has 692 valence electrons. The number of carboxylic acid groups (broad SMARTS) is 1. The Bertz CT molecular complexity index is 3110. The molecule has 0 aliphatic rings. The van der Waals surface area contributed by atoms with Crippen LogP contribution in [-0.2, 0) is 71.9 Å².